The van der Waals surface area contributed by atoms with Crippen LogP contribution >= 0.6 is 0 Å². The fourth-order valence-corrected chi connectivity index (χ4v) is 10.8. The highest BCUT2D eigenvalue weighted by Gasteiger charge is 2.27. The minimum atomic E-state index is -0.00171. The molecule has 0 saturated carbocycles. The molecule has 9 aromatic carbocycles. The van der Waals surface area contributed by atoms with E-state index in [1.807, 2.05) is 42.5 Å². The van der Waals surface area contributed by atoms with Crippen LogP contribution in [0.4, 0.5) is 17.3 Å². The number of aromatic nitrogens is 4. The van der Waals surface area contributed by atoms with Crippen molar-refractivity contribution in [1.82, 2.24) is 19.9 Å². The Labute approximate surface area is 435 Å². The molecule has 0 unspecified atom stereocenters. The van der Waals surface area contributed by atoms with Crippen LogP contribution in [0.3, 0.4) is 0 Å². The zero-order valence-electron chi connectivity index (χ0n) is 42.8. The maximum atomic E-state index is 5.52. The number of hydrogen-bond acceptors (Lipinski definition) is 5. The molecule has 0 aliphatic heterocycles. The lowest BCUT2D eigenvalue weighted by Crippen LogP contribution is -2.16. The van der Waals surface area contributed by atoms with Crippen LogP contribution in [0.15, 0.2) is 231 Å². The molecule has 358 valence electrons. The normalized spacial score (nSPS) is 11.2. The van der Waals surface area contributed by atoms with Gasteiger partial charge in [0, 0.05) is 46.0 Å². The minimum absolute atomic E-state index is 0.00171. The molecule has 0 N–H and O–H groups in total. The highest BCUT2D eigenvalue weighted by atomic mass is 15.3. The fourth-order valence-electron chi connectivity index (χ4n) is 10.8. The Morgan fingerprint density at radius 2 is 0.635 bits per heavy atom. The standard InChI is InChI=1S/C69H57N5/c1-45-36-47(3)65(48(4)37-45)67(66-49(5)38-46(2)39-50(66)6)54-32-34-60(35-33-54)74(63-43-61(53-26-16-9-17-27-53)70-68(72-63)55-28-18-10-19-29-55)64-44-62(71-69(73-64)56-30-20-11-21-31-56)59-41-57(51-22-12-7-13-23-51)40-58(42-59)52-24-14-8-15-25-52/h7-44,67H,1-6H3. The smallest absolute Gasteiger partial charge is 0.162 e. The molecule has 0 atom stereocenters. The number of rotatable bonds is 12. The van der Waals surface area contributed by atoms with Crippen LogP contribution in [0.25, 0.3) is 67.5 Å². The monoisotopic (exact) mass is 955 g/mol. The predicted molar refractivity (Wildman–Crippen MR) is 307 cm³/mol. The van der Waals surface area contributed by atoms with Gasteiger partial charge in [-0.1, -0.05) is 199 Å². The summed E-state index contributed by atoms with van der Waals surface area (Å²) in [6.45, 7) is 13.4. The SMILES string of the molecule is Cc1cc(C)c(C(c2ccc(N(c3cc(-c4ccccc4)nc(-c4ccccc4)n3)c3cc(-c4cc(-c5ccccc5)cc(-c5ccccc5)c4)nc(-c4ccccc4)n3)cc2)c2c(C)cc(C)cc2C)c(C)c1. The van der Waals surface area contributed by atoms with Crippen molar-refractivity contribution >= 4 is 17.3 Å². The first kappa shape index (κ1) is 47.3. The Bertz CT molecular complexity index is 3540. The van der Waals surface area contributed by atoms with E-state index < -0.39 is 0 Å². The Morgan fingerprint density at radius 1 is 0.297 bits per heavy atom. The minimum Gasteiger partial charge on any atom is -0.279 e. The van der Waals surface area contributed by atoms with Crippen molar-refractivity contribution in [2.24, 2.45) is 0 Å². The Morgan fingerprint density at radius 3 is 1.03 bits per heavy atom. The summed E-state index contributed by atoms with van der Waals surface area (Å²) in [5.74, 6) is 2.54. The summed E-state index contributed by atoms with van der Waals surface area (Å²) >= 11 is 0. The Hall–Kier alpha value is -9.06. The van der Waals surface area contributed by atoms with E-state index in [1.165, 1.54) is 50.1 Å². The lowest BCUT2D eigenvalue weighted by Gasteiger charge is -2.28. The first-order valence-corrected chi connectivity index (χ1v) is 25.4. The number of hydrogen-bond donors (Lipinski definition) is 0. The highest BCUT2D eigenvalue weighted by Crippen LogP contribution is 2.43. The van der Waals surface area contributed by atoms with Crippen molar-refractivity contribution in [3.63, 3.8) is 0 Å². The molecule has 0 bridgehead atoms. The second-order valence-corrected chi connectivity index (χ2v) is 19.5. The zero-order chi connectivity index (χ0) is 50.7. The van der Waals surface area contributed by atoms with Crippen molar-refractivity contribution in [2.45, 2.75) is 47.5 Å². The average Bonchev–Trinajstić information content (AvgIpc) is 3.43. The summed E-state index contributed by atoms with van der Waals surface area (Å²) in [5.41, 5.74) is 22.2. The van der Waals surface area contributed by atoms with E-state index in [4.69, 9.17) is 19.9 Å². The van der Waals surface area contributed by atoms with Crippen molar-refractivity contribution < 1.29 is 0 Å². The molecular formula is C69H57N5. The predicted octanol–water partition coefficient (Wildman–Crippen LogP) is 17.8. The van der Waals surface area contributed by atoms with Crippen molar-refractivity contribution in [2.75, 3.05) is 4.90 Å². The summed E-state index contributed by atoms with van der Waals surface area (Å²) in [6, 6.07) is 81.3. The summed E-state index contributed by atoms with van der Waals surface area (Å²) < 4.78 is 0. The van der Waals surface area contributed by atoms with E-state index in [1.54, 1.807) is 0 Å². The van der Waals surface area contributed by atoms with Crippen LogP contribution in [0.2, 0.25) is 0 Å². The summed E-state index contributed by atoms with van der Waals surface area (Å²) in [6.07, 6.45) is 0. The quantitative estimate of drug-likeness (QED) is 0.114. The van der Waals surface area contributed by atoms with Crippen molar-refractivity contribution in [3.8, 4) is 67.5 Å². The molecule has 0 amide bonds. The van der Waals surface area contributed by atoms with Crippen LogP contribution in [-0.2, 0) is 0 Å². The Kier molecular flexibility index (Phi) is 13.1. The van der Waals surface area contributed by atoms with E-state index >= 15 is 0 Å². The molecule has 2 heterocycles. The van der Waals surface area contributed by atoms with E-state index in [2.05, 4.69) is 234 Å². The topological polar surface area (TPSA) is 54.8 Å². The van der Waals surface area contributed by atoms with Gasteiger partial charge in [-0.05, 0) is 133 Å². The van der Waals surface area contributed by atoms with Gasteiger partial charge in [0.2, 0.25) is 0 Å². The summed E-state index contributed by atoms with van der Waals surface area (Å²) in [5, 5.41) is 0. The molecule has 74 heavy (non-hydrogen) atoms. The maximum absolute atomic E-state index is 5.52. The molecule has 0 saturated heterocycles. The van der Waals surface area contributed by atoms with Crippen molar-refractivity contribution in [1.29, 1.82) is 0 Å². The molecule has 5 nitrogen and oxygen atoms in total. The van der Waals surface area contributed by atoms with Gasteiger partial charge in [0.05, 0.1) is 11.4 Å². The molecule has 0 aliphatic carbocycles. The zero-order valence-corrected chi connectivity index (χ0v) is 42.8. The molecule has 0 fully saturated rings. The van der Waals surface area contributed by atoms with Gasteiger partial charge in [0.1, 0.15) is 11.6 Å². The van der Waals surface area contributed by atoms with Gasteiger partial charge in [0.15, 0.2) is 11.6 Å². The second kappa shape index (κ2) is 20.6. The highest BCUT2D eigenvalue weighted by molar-refractivity contribution is 5.84. The molecular weight excluding hydrogens is 899 g/mol. The lowest BCUT2D eigenvalue weighted by molar-refractivity contribution is 0.919. The summed E-state index contributed by atoms with van der Waals surface area (Å²) in [4.78, 5) is 23.8. The first-order chi connectivity index (χ1) is 36.1. The van der Waals surface area contributed by atoms with Gasteiger partial charge in [-0.2, -0.15) is 0 Å². The van der Waals surface area contributed by atoms with Gasteiger partial charge in [0.25, 0.3) is 0 Å². The number of nitrogens with zero attached hydrogens (tertiary/aromatic N) is 5. The van der Waals surface area contributed by atoms with Gasteiger partial charge in [-0.25, -0.2) is 19.9 Å². The third kappa shape index (κ3) is 9.80. The van der Waals surface area contributed by atoms with E-state index in [-0.39, 0.29) is 5.92 Å². The molecule has 11 rings (SSSR count). The third-order valence-corrected chi connectivity index (χ3v) is 14.0. The van der Waals surface area contributed by atoms with Crippen LogP contribution in [-0.4, -0.2) is 19.9 Å². The van der Waals surface area contributed by atoms with E-state index in [0.717, 1.165) is 61.6 Å². The van der Waals surface area contributed by atoms with Crippen LogP contribution in [0.5, 0.6) is 0 Å². The molecule has 11 aromatic rings. The third-order valence-electron chi connectivity index (χ3n) is 14.0. The fraction of sp³-hybridized carbons (Fsp3) is 0.101. The van der Waals surface area contributed by atoms with Crippen LogP contribution < -0.4 is 4.90 Å². The average molecular weight is 956 g/mol. The molecule has 5 heteroatoms. The first-order valence-electron chi connectivity index (χ1n) is 25.4. The number of aryl methyl sites for hydroxylation is 6. The van der Waals surface area contributed by atoms with Gasteiger partial charge < -0.3 is 0 Å². The molecule has 0 aliphatic rings. The van der Waals surface area contributed by atoms with Crippen LogP contribution in [0, 0.1) is 41.5 Å². The van der Waals surface area contributed by atoms with E-state index in [0.29, 0.717) is 23.3 Å². The van der Waals surface area contributed by atoms with Gasteiger partial charge in [-0.3, -0.25) is 4.90 Å². The largest absolute Gasteiger partial charge is 0.279 e. The molecule has 2 aromatic heterocycles. The molecule has 0 radical (unpaired) electrons. The number of benzene rings is 9. The Balaban J connectivity index is 1.17. The maximum Gasteiger partial charge on any atom is 0.162 e. The van der Waals surface area contributed by atoms with Gasteiger partial charge in [-0.15, -0.1) is 0 Å². The van der Waals surface area contributed by atoms with Crippen LogP contribution in [0.1, 0.15) is 56.0 Å². The van der Waals surface area contributed by atoms with E-state index in [9.17, 15) is 0 Å². The summed E-state index contributed by atoms with van der Waals surface area (Å²) in [7, 11) is 0. The van der Waals surface area contributed by atoms with Gasteiger partial charge >= 0.3 is 0 Å². The van der Waals surface area contributed by atoms with Crippen molar-refractivity contribution in [3.05, 3.63) is 281 Å². The molecule has 0 spiro atoms. The second-order valence-electron chi connectivity index (χ2n) is 19.5. The lowest BCUT2D eigenvalue weighted by atomic mass is 9.77. The number of anilines is 3.